The van der Waals surface area contributed by atoms with Crippen LogP contribution in [0.15, 0.2) is 42.5 Å². The van der Waals surface area contributed by atoms with E-state index >= 15 is 0 Å². The number of halogens is 1. The van der Waals surface area contributed by atoms with Crippen LogP contribution in [0.4, 0.5) is 4.39 Å². The number of methoxy groups -OCH3 is 1. The second-order valence-corrected chi connectivity index (χ2v) is 5.78. The zero-order chi connectivity index (χ0) is 14.9. The van der Waals surface area contributed by atoms with E-state index in [2.05, 4.69) is 6.07 Å². The van der Waals surface area contributed by atoms with E-state index in [1.807, 2.05) is 18.2 Å². The molecule has 0 radical (unpaired) electrons. The van der Waals surface area contributed by atoms with Crippen LogP contribution in [0.2, 0.25) is 0 Å². The van der Waals surface area contributed by atoms with Gasteiger partial charge < -0.3 is 9.84 Å². The van der Waals surface area contributed by atoms with E-state index in [0.29, 0.717) is 24.8 Å². The fourth-order valence-electron chi connectivity index (χ4n) is 3.14. The molecular formula is C18H19FO2. The zero-order valence-electron chi connectivity index (χ0n) is 12.1. The highest BCUT2D eigenvalue weighted by Gasteiger charge is 2.33. The number of fused-ring (bicyclic) bond motifs is 1. The van der Waals surface area contributed by atoms with Crippen molar-refractivity contribution in [2.75, 3.05) is 7.11 Å². The smallest absolute Gasteiger partial charge is 0.168 e. The number of rotatable bonds is 3. The van der Waals surface area contributed by atoms with Crippen molar-refractivity contribution >= 4 is 0 Å². The lowest BCUT2D eigenvalue weighted by Crippen LogP contribution is -2.38. The Labute approximate surface area is 124 Å². The molecule has 0 spiro atoms. The van der Waals surface area contributed by atoms with E-state index in [4.69, 9.17) is 4.74 Å². The Bertz CT molecular complexity index is 653. The number of hydrogen-bond donors (Lipinski definition) is 1. The van der Waals surface area contributed by atoms with E-state index in [1.54, 1.807) is 18.2 Å². The first-order valence-corrected chi connectivity index (χ1v) is 7.22. The van der Waals surface area contributed by atoms with Crippen molar-refractivity contribution in [1.82, 2.24) is 0 Å². The van der Waals surface area contributed by atoms with Crippen molar-refractivity contribution < 1.29 is 14.2 Å². The van der Waals surface area contributed by atoms with Crippen LogP contribution in [0.5, 0.6) is 5.75 Å². The lowest BCUT2D eigenvalue weighted by molar-refractivity contribution is 0.0259. The number of hydrogen-bond acceptors (Lipinski definition) is 2. The maximum atomic E-state index is 14.3. The van der Waals surface area contributed by atoms with E-state index in [0.717, 1.165) is 12.0 Å². The van der Waals surface area contributed by atoms with Gasteiger partial charge in [-0.25, -0.2) is 4.39 Å². The van der Waals surface area contributed by atoms with Gasteiger partial charge in [0.25, 0.3) is 0 Å². The highest BCUT2D eigenvalue weighted by Crippen LogP contribution is 2.33. The fraction of sp³-hybridized carbons (Fsp3) is 0.333. The van der Waals surface area contributed by atoms with E-state index in [-0.39, 0.29) is 11.6 Å². The van der Waals surface area contributed by atoms with E-state index in [1.165, 1.54) is 12.7 Å². The molecule has 1 aliphatic carbocycles. The largest absolute Gasteiger partial charge is 0.494 e. The first-order valence-electron chi connectivity index (χ1n) is 7.22. The van der Waals surface area contributed by atoms with Gasteiger partial charge >= 0.3 is 0 Å². The Morgan fingerprint density at radius 3 is 2.67 bits per heavy atom. The predicted molar refractivity (Wildman–Crippen MR) is 80.1 cm³/mol. The molecule has 0 fully saturated rings. The third-order valence-electron chi connectivity index (χ3n) is 4.28. The summed E-state index contributed by atoms with van der Waals surface area (Å²) >= 11 is 0. The van der Waals surface area contributed by atoms with Crippen molar-refractivity contribution in [3.63, 3.8) is 0 Å². The van der Waals surface area contributed by atoms with Gasteiger partial charge in [-0.3, -0.25) is 0 Å². The first kappa shape index (κ1) is 14.1. The van der Waals surface area contributed by atoms with Gasteiger partial charge in [0, 0.05) is 12.8 Å². The molecule has 3 heteroatoms. The molecule has 0 saturated carbocycles. The van der Waals surface area contributed by atoms with Crippen LogP contribution in [0.1, 0.15) is 23.1 Å². The molecule has 3 rings (SSSR count). The van der Waals surface area contributed by atoms with Gasteiger partial charge in [0.15, 0.2) is 11.6 Å². The minimum atomic E-state index is -0.887. The topological polar surface area (TPSA) is 29.5 Å². The Balaban J connectivity index is 1.85. The summed E-state index contributed by atoms with van der Waals surface area (Å²) in [4.78, 5) is 0. The molecule has 0 saturated heterocycles. The maximum Gasteiger partial charge on any atom is 0.168 e. The summed E-state index contributed by atoms with van der Waals surface area (Å²) in [6, 6.07) is 13.2. The van der Waals surface area contributed by atoms with Crippen molar-refractivity contribution in [2.45, 2.75) is 31.3 Å². The normalized spacial score (nSPS) is 20.9. The minimum Gasteiger partial charge on any atom is -0.494 e. The van der Waals surface area contributed by atoms with Gasteiger partial charge in [0.1, 0.15) is 0 Å². The lowest BCUT2D eigenvalue weighted by atomic mass is 9.77. The van der Waals surface area contributed by atoms with E-state index < -0.39 is 5.60 Å². The van der Waals surface area contributed by atoms with Crippen LogP contribution in [-0.4, -0.2) is 17.8 Å². The molecule has 2 aromatic carbocycles. The maximum absolute atomic E-state index is 14.3. The Morgan fingerprint density at radius 2 is 1.90 bits per heavy atom. The zero-order valence-corrected chi connectivity index (χ0v) is 12.1. The van der Waals surface area contributed by atoms with Crippen LogP contribution in [-0.2, 0) is 19.3 Å². The molecule has 2 aromatic rings. The van der Waals surface area contributed by atoms with Gasteiger partial charge in [0.2, 0.25) is 0 Å². The summed E-state index contributed by atoms with van der Waals surface area (Å²) in [6.07, 6.45) is 2.36. The quantitative estimate of drug-likeness (QED) is 0.938. The van der Waals surface area contributed by atoms with Gasteiger partial charge in [-0.15, -0.1) is 0 Å². The highest BCUT2D eigenvalue weighted by atomic mass is 19.1. The summed E-state index contributed by atoms with van der Waals surface area (Å²) in [5.41, 5.74) is 2.07. The van der Waals surface area contributed by atoms with Crippen LogP contribution in [0, 0.1) is 5.82 Å². The molecule has 0 bridgehead atoms. The van der Waals surface area contributed by atoms with Crippen LogP contribution in [0.25, 0.3) is 0 Å². The molecule has 1 N–H and O–H groups in total. The van der Waals surface area contributed by atoms with Crippen molar-refractivity contribution in [1.29, 1.82) is 0 Å². The van der Waals surface area contributed by atoms with Crippen LogP contribution < -0.4 is 4.74 Å². The SMILES string of the molecule is COc1cccc(CC2(O)CCc3ccccc3C2)c1F. The lowest BCUT2D eigenvalue weighted by Gasteiger charge is -2.34. The molecule has 0 aromatic heterocycles. The molecule has 21 heavy (non-hydrogen) atoms. The Kier molecular flexibility index (Phi) is 3.68. The van der Waals surface area contributed by atoms with Gasteiger partial charge in [-0.05, 0) is 35.6 Å². The van der Waals surface area contributed by atoms with Crippen LogP contribution in [0.3, 0.4) is 0 Å². The third kappa shape index (κ3) is 2.79. The summed E-state index contributed by atoms with van der Waals surface area (Å²) in [5.74, 6) is -0.139. The molecule has 1 unspecified atom stereocenters. The minimum absolute atomic E-state index is 0.229. The highest BCUT2D eigenvalue weighted by molar-refractivity contribution is 5.35. The second kappa shape index (κ2) is 5.49. The molecule has 2 nitrogen and oxygen atoms in total. The molecule has 0 amide bonds. The average molecular weight is 286 g/mol. The molecule has 110 valence electrons. The number of benzene rings is 2. The monoisotopic (exact) mass is 286 g/mol. The van der Waals surface area contributed by atoms with Crippen molar-refractivity contribution in [3.05, 3.63) is 65.0 Å². The second-order valence-electron chi connectivity index (χ2n) is 5.78. The molecule has 1 aliphatic rings. The van der Waals surface area contributed by atoms with E-state index in [9.17, 15) is 9.50 Å². The number of aryl methyl sites for hydroxylation is 1. The molecule has 0 aliphatic heterocycles. The van der Waals surface area contributed by atoms with Crippen molar-refractivity contribution in [2.24, 2.45) is 0 Å². The summed E-state index contributed by atoms with van der Waals surface area (Å²) < 4.78 is 19.3. The molecular weight excluding hydrogens is 267 g/mol. The summed E-state index contributed by atoms with van der Waals surface area (Å²) in [7, 11) is 1.45. The standard InChI is InChI=1S/C18H19FO2/c1-21-16-8-4-7-15(17(16)19)12-18(20)10-9-13-5-2-3-6-14(13)11-18/h2-8,20H,9-12H2,1H3. The Hall–Kier alpha value is -1.87. The molecule has 0 heterocycles. The van der Waals surface area contributed by atoms with Crippen molar-refractivity contribution in [3.8, 4) is 5.75 Å². The Morgan fingerprint density at radius 1 is 1.14 bits per heavy atom. The summed E-state index contributed by atoms with van der Waals surface area (Å²) in [5, 5.41) is 10.9. The third-order valence-corrected chi connectivity index (χ3v) is 4.28. The fourth-order valence-corrected chi connectivity index (χ4v) is 3.14. The van der Waals surface area contributed by atoms with Gasteiger partial charge in [0.05, 0.1) is 12.7 Å². The number of ether oxygens (including phenoxy) is 1. The number of aliphatic hydroxyl groups is 1. The van der Waals surface area contributed by atoms with Gasteiger partial charge in [-0.2, -0.15) is 0 Å². The molecule has 1 atom stereocenters. The van der Waals surface area contributed by atoms with Crippen LogP contribution >= 0.6 is 0 Å². The first-order chi connectivity index (χ1) is 10.1. The summed E-state index contributed by atoms with van der Waals surface area (Å²) in [6.45, 7) is 0. The average Bonchev–Trinajstić information content (AvgIpc) is 2.49. The predicted octanol–water partition coefficient (Wildman–Crippen LogP) is 3.30. The van der Waals surface area contributed by atoms with Gasteiger partial charge in [-0.1, -0.05) is 36.4 Å².